The highest BCUT2D eigenvalue weighted by Gasteiger charge is 2.58. The van der Waals surface area contributed by atoms with Crippen LogP contribution in [0.5, 0.6) is 0 Å². The van der Waals surface area contributed by atoms with Crippen molar-refractivity contribution in [3.05, 3.63) is 59.8 Å². The van der Waals surface area contributed by atoms with Crippen LogP contribution in [-0.2, 0) is 5.41 Å². The summed E-state index contributed by atoms with van der Waals surface area (Å²) in [6.07, 6.45) is 8.88. The molecule has 2 amide bonds. The minimum Gasteiger partial charge on any atom is -0.332 e. The van der Waals surface area contributed by atoms with E-state index < -0.39 is 0 Å². The molecule has 1 heterocycles. The number of carbonyl (C=O) groups is 1. The topological polar surface area (TPSA) is 54.0 Å². The zero-order chi connectivity index (χ0) is 18.5. The molecule has 27 heavy (non-hydrogen) atoms. The van der Waals surface area contributed by atoms with Crippen LogP contribution in [0.4, 0.5) is 10.6 Å². The highest BCUT2D eigenvalue weighted by Crippen LogP contribution is 2.62. The zero-order valence-corrected chi connectivity index (χ0v) is 15.9. The Balaban J connectivity index is 1.40. The van der Waals surface area contributed by atoms with Crippen molar-refractivity contribution in [1.29, 1.82) is 0 Å². The number of nitrogens with one attached hydrogen (secondary N) is 2. The maximum Gasteiger partial charge on any atom is 0.320 e. The summed E-state index contributed by atoms with van der Waals surface area (Å²) >= 11 is 0. The third-order valence-electron chi connectivity index (χ3n) is 7.01. The highest BCUT2D eigenvalue weighted by molar-refractivity contribution is 5.88. The van der Waals surface area contributed by atoms with E-state index in [1.165, 1.54) is 30.4 Å². The number of amides is 2. The predicted molar refractivity (Wildman–Crippen MR) is 107 cm³/mol. The number of hydrogen-bond donors (Lipinski definition) is 2. The summed E-state index contributed by atoms with van der Waals surface area (Å²) in [6, 6.07) is 14.6. The van der Waals surface area contributed by atoms with Gasteiger partial charge in [0.15, 0.2) is 0 Å². The lowest BCUT2D eigenvalue weighted by Crippen LogP contribution is -2.64. The van der Waals surface area contributed by atoms with E-state index in [-0.39, 0.29) is 17.0 Å². The van der Waals surface area contributed by atoms with E-state index >= 15 is 0 Å². The molecule has 4 bridgehead atoms. The maximum atomic E-state index is 12.7. The van der Waals surface area contributed by atoms with Gasteiger partial charge < -0.3 is 5.32 Å². The molecule has 4 fully saturated rings. The first-order valence-electron chi connectivity index (χ1n) is 10.1. The molecule has 0 saturated heterocycles. The first-order chi connectivity index (χ1) is 13.0. The van der Waals surface area contributed by atoms with Crippen molar-refractivity contribution in [2.24, 2.45) is 11.8 Å². The number of hydrogen-bond acceptors (Lipinski definition) is 2. The summed E-state index contributed by atoms with van der Waals surface area (Å²) in [4.78, 5) is 16.9. The van der Waals surface area contributed by atoms with Gasteiger partial charge in [0.25, 0.3) is 0 Å². The standard InChI is InChI=1S/C23H27N3O/c1-16-5-7-19(8-6-16)22-11-17-10-18(12-22)14-23(13-17,15-22)26-21(27)25-20-4-2-3-9-24-20/h2-9,17-18H,10-15H2,1H3,(H2,24,25,26,27). The first-order valence-corrected chi connectivity index (χ1v) is 10.1. The maximum absolute atomic E-state index is 12.7. The predicted octanol–water partition coefficient (Wildman–Crippen LogP) is 4.80. The molecular weight excluding hydrogens is 334 g/mol. The molecule has 4 nitrogen and oxygen atoms in total. The quantitative estimate of drug-likeness (QED) is 0.825. The number of anilines is 1. The van der Waals surface area contributed by atoms with E-state index in [2.05, 4.69) is 46.8 Å². The van der Waals surface area contributed by atoms with Crippen molar-refractivity contribution in [3.63, 3.8) is 0 Å². The highest BCUT2D eigenvalue weighted by atomic mass is 16.2. The van der Waals surface area contributed by atoms with Gasteiger partial charge >= 0.3 is 6.03 Å². The van der Waals surface area contributed by atoms with E-state index in [1.807, 2.05) is 18.2 Å². The minimum atomic E-state index is -0.116. The molecule has 2 atom stereocenters. The number of aromatic nitrogens is 1. The number of benzene rings is 1. The van der Waals surface area contributed by atoms with Gasteiger partial charge in [0.05, 0.1) is 0 Å². The van der Waals surface area contributed by atoms with Crippen molar-refractivity contribution in [2.75, 3.05) is 5.32 Å². The van der Waals surface area contributed by atoms with Gasteiger partial charge in [-0.25, -0.2) is 9.78 Å². The summed E-state index contributed by atoms with van der Waals surface area (Å²) in [5.41, 5.74) is 2.94. The van der Waals surface area contributed by atoms with Crippen LogP contribution in [-0.4, -0.2) is 16.6 Å². The molecule has 4 heteroatoms. The molecule has 1 aromatic heterocycles. The van der Waals surface area contributed by atoms with Crippen molar-refractivity contribution in [3.8, 4) is 0 Å². The van der Waals surface area contributed by atoms with Crippen LogP contribution in [0.15, 0.2) is 48.7 Å². The Morgan fingerprint density at radius 1 is 1.04 bits per heavy atom. The second-order valence-corrected chi connectivity index (χ2v) is 9.18. The Hall–Kier alpha value is -2.36. The lowest BCUT2D eigenvalue weighted by atomic mass is 9.45. The second-order valence-electron chi connectivity index (χ2n) is 9.18. The van der Waals surface area contributed by atoms with Crippen molar-refractivity contribution in [2.45, 2.75) is 56.4 Å². The van der Waals surface area contributed by atoms with Gasteiger partial charge in [-0.05, 0) is 80.4 Å². The number of rotatable bonds is 3. The fraction of sp³-hybridized carbons (Fsp3) is 0.478. The van der Waals surface area contributed by atoms with E-state index in [0.29, 0.717) is 5.82 Å². The summed E-state index contributed by atoms with van der Waals surface area (Å²) in [7, 11) is 0. The van der Waals surface area contributed by atoms with Gasteiger partial charge in [0.2, 0.25) is 0 Å². The Kier molecular flexibility index (Phi) is 3.78. The van der Waals surface area contributed by atoms with Crippen LogP contribution in [0.1, 0.15) is 49.7 Å². The minimum absolute atomic E-state index is 0.0756. The van der Waals surface area contributed by atoms with Crippen molar-refractivity contribution >= 4 is 11.8 Å². The molecule has 2 N–H and O–H groups in total. The van der Waals surface area contributed by atoms with Gasteiger partial charge in [-0.3, -0.25) is 5.32 Å². The smallest absolute Gasteiger partial charge is 0.320 e. The molecule has 140 valence electrons. The fourth-order valence-electron chi connectivity index (χ4n) is 6.48. The van der Waals surface area contributed by atoms with Crippen LogP contribution in [0.2, 0.25) is 0 Å². The first kappa shape index (κ1) is 16.8. The molecule has 0 aliphatic heterocycles. The Labute approximate surface area is 160 Å². The number of nitrogens with zero attached hydrogens (tertiary/aromatic N) is 1. The molecule has 4 saturated carbocycles. The molecule has 4 aliphatic rings. The molecule has 2 unspecified atom stereocenters. The molecule has 0 spiro atoms. The third kappa shape index (κ3) is 3.01. The fourth-order valence-corrected chi connectivity index (χ4v) is 6.48. The van der Waals surface area contributed by atoms with E-state index in [9.17, 15) is 4.79 Å². The molecule has 6 rings (SSSR count). The lowest BCUT2D eigenvalue weighted by molar-refractivity contribution is -0.0343. The Morgan fingerprint density at radius 3 is 2.44 bits per heavy atom. The third-order valence-corrected chi connectivity index (χ3v) is 7.01. The van der Waals surface area contributed by atoms with Gasteiger partial charge in [0, 0.05) is 11.7 Å². The molecule has 2 aromatic rings. The van der Waals surface area contributed by atoms with E-state index in [0.717, 1.165) is 31.1 Å². The van der Waals surface area contributed by atoms with Crippen molar-refractivity contribution in [1.82, 2.24) is 10.3 Å². The second kappa shape index (κ2) is 6.08. The van der Waals surface area contributed by atoms with Crippen LogP contribution in [0.3, 0.4) is 0 Å². The number of urea groups is 1. The Bertz CT molecular complexity index is 832. The van der Waals surface area contributed by atoms with Crippen LogP contribution >= 0.6 is 0 Å². The van der Waals surface area contributed by atoms with Crippen molar-refractivity contribution < 1.29 is 4.79 Å². The lowest BCUT2D eigenvalue weighted by Gasteiger charge is -2.62. The van der Waals surface area contributed by atoms with Crippen LogP contribution in [0, 0.1) is 18.8 Å². The molecule has 0 radical (unpaired) electrons. The van der Waals surface area contributed by atoms with E-state index in [1.54, 1.807) is 6.20 Å². The summed E-state index contributed by atoms with van der Waals surface area (Å²) in [5, 5.41) is 6.30. The summed E-state index contributed by atoms with van der Waals surface area (Å²) in [6.45, 7) is 2.15. The normalized spacial score (nSPS) is 33.7. The number of carbonyl (C=O) groups excluding carboxylic acids is 1. The SMILES string of the molecule is Cc1ccc(C23CC4CC(CC(NC(=O)Nc5ccccn5)(C4)C2)C3)cc1. The number of pyridine rings is 1. The number of aryl methyl sites for hydroxylation is 1. The summed E-state index contributed by atoms with van der Waals surface area (Å²) in [5.74, 6) is 2.05. The zero-order valence-electron chi connectivity index (χ0n) is 15.9. The van der Waals surface area contributed by atoms with Gasteiger partial charge in [-0.15, -0.1) is 0 Å². The van der Waals surface area contributed by atoms with Crippen LogP contribution in [0.25, 0.3) is 0 Å². The average Bonchev–Trinajstić information content (AvgIpc) is 2.61. The van der Waals surface area contributed by atoms with Gasteiger partial charge in [-0.1, -0.05) is 35.9 Å². The molecule has 1 aromatic carbocycles. The average molecular weight is 361 g/mol. The van der Waals surface area contributed by atoms with Crippen LogP contribution < -0.4 is 10.6 Å². The van der Waals surface area contributed by atoms with Gasteiger partial charge in [-0.2, -0.15) is 0 Å². The Morgan fingerprint density at radius 2 is 1.78 bits per heavy atom. The summed E-state index contributed by atoms with van der Waals surface area (Å²) < 4.78 is 0. The molecular formula is C23H27N3O. The largest absolute Gasteiger partial charge is 0.332 e. The monoisotopic (exact) mass is 361 g/mol. The van der Waals surface area contributed by atoms with E-state index in [4.69, 9.17) is 0 Å². The van der Waals surface area contributed by atoms with Gasteiger partial charge in [0.1, 0.15) is 5.82 Å². The molecule has 4 aliphatic carbocycles.